The smallest absolute Gasteiger partial charge is 0.419 e. The zero-order valence-corrected chi connectivity index (χ0v) is 15.8. The third kappa shape index (κ3) is 7.80. The van der Waals surface area contributed by atoms with E-state index in [0.29, 0.717) is 6.42 Å². The van der Waals surface area contributed by atoms with Crippen molar-refractivity contribution >= 4 is 18.3 Å². The normalized spacial score (nSPS) is 13.7. The van der Waals surface area contributed by atoms with Crippen LogP contribution < -0.4 is 10.5 Å². The highest BCUT2D eigenvalue weighted by Gasteiger charge is 2.34. The topological polar surface area (TPSA) is 75.8 Å². The number of amides is 1. The van der Waals surface area contributed by atoms with Crippen LogP contribution >= 0.6 is 12.4 Å². The lowest BCUT2D eigenvalue weighted by Crippen LogP contribution is -2.46. The van der Waals surface area contributed by atoms with Crippen LogP contribution in [-0.2, 0) is 11.0 Å². The number of para-hydroxylation sites is 1. The molecule has 1 rings (SSSR count). The minimum Gasteiger partial charge on any atom is -0.490 e. The van der Waals surface area contributed by atoms with E-state index in [4.69, 9.17) is 10.5 Å². The Bertz CT molecular complexity index is 570. The minimum absolute atomic E-state index is 0. The summed E-state index contributed by atoms with van der Waals surface area (Å²) in [4.78, 5) is 13.3. The highest BCUT2D eigenvalue weighted by Crippen LogP contribution is 2.35. The summed E-state index contributed by atoms with van der Waals surface area (Å²) in [5.41, 5.74) is 4.89. The Balaban J connectivity index is 0.00000625. The molecule has 0 aliphatic carbocycles. The van der Waals surface area contributed by atoms with Crippen molar-refractivity contribution in [3.05, 3.63) is 29.8 Å². The highest BCUT2D eigenvalue weighted by atomic mass is 35.5. The molecular formula is C17H26ClF3N2O3. The lowest BCUT2D eigenvalue weighted by molar-refractivity contribution is -0.139. The van der Waals surface area contributed by atoms with Crippen LogP contribution in [0.3, 0.4) is 0 Å². The molecule has 5 nitrogen and oxygen atoms in total. The minimum atomic E-state index is -4.54. The summed E-state index contributed by atoms with van der Waals surface area (Å²) in [5.74, 6) is -0.442. The number of alkyl halides is 3. The van der Waals surface area contributed by atoms with Crippen molar-refractivity contribution in [1.82, 2.24) is 4.90 Å². The second-order valence-corrected chi connectivity index (χ2v) is 6.41. The van der Waals surface area contributed by atoms with Crippen molar-refractivity contribution in [2.45, 2.75) is 38.6 Å². The number of ether oxygens (including phenoxy) is 1. The van der Waals surface area contributed by atoms with Gasteiger partial charge in [0.15, 0.2) is 0 Å². The number of likely N-dealkylation sites (N-methyl/N-ethyl adjacent to an activating group) is 1. The molecule has 0 spiro atoms. The van der Waals surface area contributed by atoms with E-state index >= 15 is 0 Å². The van der Waals surface area contributed by atoms with Crippen LogP contribution in [0.5, 0.6) is 5.75 Å². The summed E-state index contributed by atoms with van der Waals surface area (Å²) in [5, 5.41) is 9.95. The average Bonchev–Trinajstić information content (AvgIpc) is 2.50. The zero-order valence-electron chi connectivity index (χ0n) is 15.0. The highest BCUT2D eigenvalue weighted by molar-refractivity contribution is 5.85. The number of carbonyl (C=O) groups is 1. The van der Waals surface area contributed by atoms with Crippen LogP contribution in [0.15, 0.2) is 24.3 Å². The van der Waals surface area contributed by atoms with Crippen LogP contribution in [0.4, 0.5) is 13.2 Å². The van der Waals surface area contributed by atoms with Crippen molar-refractivity contribution in [2.75, 3.05) is 20.2 Å². The summed E-state index contributed by atoms with van der Waals surface area (Å²) >= 11 is 0. The van der Waals surface area contributed by atoms with Crippen molar-refractivity contribution in [3.8, 4) is 5.75 Å². The third-order valence-corrected chi connectivity index (χ3v) is 3.53. The number of hydrogen-bond donors (Lipinski definition) is 2. The molecule has 0 fully saturated rings. The van der Waals surface area contributed by atoms with E-state index in [2.05, 4.69) is 0 Å². The number of hydrogen-bond acceptors (Lipinski definition) is 4. The molecule has 1 amide bonds. The summed E-state index contributed by atoms with van der Waals surface area (Å²) in [6.45, 7) is 3.42. The number of rotatable bonds is 8. The SMILES string of the molecule is CC(C)C[C@H](N)C(=O)N(C)CC(O)COc1ccccc1C(F)(F)F.Cl. The number of benzene rings is 1. The first kappa shape index (κ1) is 24.5. The second kappa shape index (κ2) is 10.6. The van der Waals surface area contributed by atoms with Crippen LogP contribution in [0.25, 0.3) is 0 Å². The summed E-state index contributed by atoms with van der Waals surface area (Å²) in [6.07, 6.45) is -5.17. The summed E-state index contributed by atoms with van der Waals surface area (Å²) in [7, 11) is 1.48. The van der Waals surface area contributed by atoms with E-state index in [9.17, 15) is 23.1 Å². The number of nitrogens with zero attached hydrogens (tertiary/aromatic N) is 1. The molecule has 0 radical (unpaired) electrons. The molecule has 1 unspecified atom stereocenters. The summed E-state index contributed by atoms with van der Waals surface area (Å²) in [6, 6.07) is 4.08. The van der Waals surface area contributed by atoms with E-state index in [1.807, 2.05) is 13.8 Å². The van der Waals surface area contributed by atoms with Crippen molar-refractivity contribution in [1.29, 1.82) is 0 Å². The fraction of sp³-hybridized carbons (Fsp3) is 0.588. The molecule has 150 valence electrons. The largest absolute Gasteiger partial charge is 0.490 e. The maximum Gasteiger partial charge on any atom is 0.419 e. The van der Waals surface area contributed by atoms with Gasteiger partial charge in [-0.3, -0.25) is 4.79 Å². The number of aliphatic hydroxyl groups is 1. The van der Waals surface area contributed by atoms with Gasteiger partial charge in [0.2, 0.25) is 5.91 Å². The van der Waals surface area contributed by atoms with E-state index in [0.717, 1.165) is 6.07 Å². The van der Waals surface area contributed by atoms with Gasteiger partial charge in [-0.15, -0.1) is 12.4 Å². The fourth-order valence-corrected chi connectivity index (χ4v) is 2.36. The molecule has 0 aliphatic heterocycles. The predicted molar refractivity (Wildman–Crippen MR) is 95.3 cm³/mol. The molecule has 2 atom stereocenters. The van der Waals surface area contributed by atoms with Crippen molar-refractivity contribution < 1.29 is 27.8 Å². The second-order valence-electron chi connectivity index (χ2n) is 6.41. The van der Waals surface area contributed by atoms with E-state index in [-0.39, 0.29) is 43.1 Å². The molecule has 26 heavy (non-hydrogen) atoms. The van der Waals surface area contributed by atoms with Gasteiger partial charge in [0.05, 0.1) is 11.6 Å². The monoisotopic (exact) mass is 398 g/mol. The Kier molecular flexibility index (Phi) is 9.98. The van der Waals surface area contributed by atoms with Gasteiger partial charge in [0, 0.05) is 13.6 Å². The Morgan fingerprint density at radius 3 is 2.42 bits per heavy atom. The number of halogens is 4. The van der Waals surface area contributed by atoms with Gasteiger partial charge in [-0.25, -0.2) is 0 Å². The number of nitrogens with two attached hydrogens (primary N) is 1. The van der Waals surface area contributed by atoms with Crippen LogP contribution in [0.2, 0.25) is 0 Å². The molecule has 3 N–H and O–H groups in total. The molecule has 0 aliphatic rings. The Labute approximate surface area is 157 Å². The Hall–Kier alpha value is -1.51. The molecule has 9 heteroatoms. The van der Waals surface area contributed by atoms with Crippen LogP contribution in [0, 0.1) is 5.92 Å². The van der Waals surface area contributed by atoms with E-state index < -0.39 is 23.9 Å². The standard InChI is InChI=1S/C17H25F3N2O3.ClH/c1-11(2)8-14(21)16(24)22(3)9-12(23)10-25-15-7-5-4-6-13(15)17(18,19)20;/h4-7,11-12,14,23H,8-10,21H2,1-3H3;1H/t12?,14-;/m0./s1. The molecule has 1 aromatic carbocycles. The first-order chi connectivity index (χ1) is 11.5. The third-order valence-electron chi connectivity index (χ3n) is 3.53. The van der Waals surface area contributed by atoms with Gasteiger partial charge in [0.1, 0.15) is 18.5 Å². The first-order valence-electron chi connectivity index (χ1n) is 8.00. The molecule has 0 aromatic heterocycles. The molecule has 0 saturated carbocycles. The zero-order chi connectivity index (χ0) is 19.2. The average molecular weight is 399 g/mol. The van der Waals surface area contributed by atoms with Gasteiger partial charge in [0.25, 0.3) is 0 Å². The number of aliphatic hydroxyl groups excluding tert-OH is 1. The Morgan fingerprint density at radius 2 is 1.88 bits per heavy atom. The predicted octanol–water partition coefficient (Wildman–Crippen LogP) is 2.70. The lowest BCUT2D eigenvalue weighted by atomic mass is 10.0. The molecule has 0 bridgehead atoms. The van der Waals surface area contributed by atoms with Gasteiger partial charge in [-0.2, -0.15) is 13.2 Å². The van der Waals surface area contributed by atoms with E-state index in [1.54, 1.807) is 0 Å². The van der Waals surface area contributed by atoms with Crippen LogP contribution in [-0.4, -0.2) is 48.3 Å². The maximum atomic E-state index is 12.9. The van der Waals surface area contributed by atoms with Gasteiger partial charge >= 0.3 is 6.18 Å². The molecular weight excluding hydrogens is 373 g/mol. The van der Waals surface area contributed by atoms with Gasteiger partial charge in [-0.05, 0) is 24.5 Å². The first-order valence-corrected chi connectivity index (χ1v) is 8.00. The van der Waals surface area contributed by atoms with E-state index in [1.165, 1.54) is 30.1 Å². The Morgan fingerprint density at radius 1 is 1.31 bits per heavy atom. The molecule has 0 saturated heterocycles. The van der Waals surface area contributed by atoms with Gasteiger partial charge < -0.3 is 20.5 Å². The number of carbonyl (C=O) groups excluding carboxylic acids is 1. The maximum absolute atomic E-state index is 12.9. The molecule has 1 aromatic rings. The lowest BCUT2D eigenvalue weighted by Gasteiger charge is -2.25. The quantitative estimate of drug-likeness (QED) is 0.706. The fourth-order valence-electron chi connectivity index (χ4n) is 2.36. The van der Waals surface area contributed by atoms with Crippen molar-refractivity contribution in [3.63, 3.8) is 0 Å². The van der Waals surface area contributed by atoms with Gasteiger partial charge in [-0.1, -0.05) is 26.0 Å². The van der Waals surface area contributed by atoms with Crippen molar-refractivity contribution in [2.24, 2.45) is 11.7 Å². The summed E-state index contributed by atoms with van der Waals surface area (Å²) < 4.78 is 43.7. The van der Waals surface area contributed by atoms with Crippen LogP contribution in [0.1, 0.15) is 25.8 Å². The molecule has 0 heterocycles.